The molecule has 0 radical (unpaired) electrons. The summed E-state index contributed by atoms with van der Waals surface area (Å²) in [6.07, 6.45) is 4.89. The quantitative estimate of drug-likeness (QED) is 0.659. The molecule has 2 rings (SSSR count). The molecule has 1 amide bonds. The van der Waals surface area contributed by atoms with Gasteiger partial charge in [-0.05, 0) is 47.7 Å². The van der Waals surface area contributed by atoms with Gasteiger partial charge in [0.25, 0.3) is 5.91 Å². The Balaban J connectivity index is 1.90. The minimum absolute atomic E-state index is 0.0726. The lowest BCUT2D eigenvalue weighted by Crippen LogP contribution is -2.25. The van der Waals surface area contributed by atoms with E-state index in [4.69, 9.17) is 4.74 Å². The summed E-state index contributed by atoms with van der Waals surface area (Å²) in [4.78, 5) is 15.7. The van der Waals surface area contributed by atoms with E-state index in [1.165, 1.54) is 0 Å². The van der Waals surface area contributed by atoms with E-state index in [1.54, 1.807) is 30.7 Å². The summed E-state index contributed by atoms with van der Waals surface area (Å²) in [7, 11) is 0. The molecule has 1 aromatic heterocycles. The third-order valence-corrected chi connectivity index (χ3v) is 3.26. The highest BCUT2D eigenvalue weighted by atomic mass is 16.5. The first-order valence-electron chi connectivity index (χ1n) is 7.51. The molecule has 120 valence electrons. The first kappa shape index (κ1) is 16.7. The second-order valence-corrected chi connectivity index (χ2v) is 5.56. The summed E-state index contributed by atoms with van der Waals surface area (Å²) in [5.41, 5.74) is 5.50. The smallest absolute Gasteiger partial charge is 0.277 e. The van der Waals surface area contributed by atoms with Crippen LogP contribution in [0.5, 0.6) is 5.75 Å². The molecule has 2 aromatic rings. The van der Waals surface area contributed by atoms with Gasteiger partial charge >= 0.3 is 0 Å². The molecule has 5 heteroatoms. The highest BCUT2D eigenvalue weighted by Gasteiger charge is 2.09. The van der Waals surface area contributed by atoms with E-state index in [-0.39, 0.29) is 12.5 Å². The molecule has 0 saturated heterocycles. The lowest BCUT2D eigenvalue weighted by atomic mass is 10.0. The zero-order valence-electron chi connectivity index (χ0n) is 13.6. The molecule has 0 aliphatic rings. The van der Waals surface area contributed by atoms with Gasteiger partial charge in [0.05, 0.1) is 6.21 Å². The van der Waals surface area contributed by atoms with Crippen LogP contribution in [0.3, 0.4) is 0 Å². The number of carbonyl (C=O) groups excluding carboxylic acids is 1. The fourth-order valence-corrected chi connectivity index (χ4v) is 2.05. The van der Waals surface area contributed by atoms with Gasteiger partial charge < -0.3 is 4.74 Å². The minimum atomic E-state index is -0.300. The van der Waals surface area contributed by atoms with Gasteiger partial charge in [-0.15, -0.1) is 0 Å². The zero-order chi connectivity index (χ0) is 16.7. The first-order valence-corrected chi connectivity index (χ1v) is 7.51. The number of pyridine rings is 1. The zero-order valence-corrected chi connectivity index (χ0v) is 13.6. The molecule has 1 aromatic carbocycles. The highest BCUT2D eigenvalue weighted by Crippen LogP contribution is 2.27. The molecule has 0 spiro atoms. The standard InChI is InChI=1S/C18H21N3O2/c1-13(2)16-5-4-14(3)10-17(16)23-12-18(22)21-20-11-15-6-8-19-9-7-15/h4-11,13H,12H2,1-3H3,(H,21,22). The van der Waals surface area contributed by atoms with E-state index in [0.29, 0.717) is 5.92 Å². The van der Waals surface area contributed by atoms with Crippen molar-refractivity contribution in [3.05, 3.63) is 59.4 Å². The van der Waals surface area contributed by atoms with Crippen molar-refractivity contribution in [1.82, 2.24) is 10.4 Å². The number of benzene rings is 1. The predicted octanol–water partition coefficient (Wildman–Crippen LogP) is 3.04. The molecule has 23 heavy (non-hydrogen) atoms. The Morgan fingerprint density at radius 1 is 1.30 bits per heavy atom. The fourth-order valence-electron chi connectivity index (χ4n) is 2.05. The molecule has 1 N–H and O–H groups in total. The third kappa shape index (κ3) is 5.21. The van der Waals surface area contributed by atoms with Gasteiger partial charge in [-0.3, -0.25) is 9.78 Å². The van der Waals surface area contributed by atoms with Gasteiger partial charge in [-0.25, -0.2) is 5.43 Å². The maximum Gasteiger partial charge on any atom is 0.277 e. The van der Waals surface area contributed by atoms with Crippen LogP contribution in [0.25, 0.3) is 0 Å². The van der Waals surface area contributed by atoms with Crippen molar-refractivity contribution in [3.8, 4) is 5.75 Å². The normalized spacial score (nSPS) is 11.0. The number of hydrazone groups is 1. The van der Waals surface area contributed by atoms with E-state index in [9.17, 15) is 4.79 Å². The van der Waals surface area contributed by atoms with Crippen molar-refractivity contribution in [2.24, 2.45) is 5.10 Å². The van der Waals surface area contributed by atoms with E-state index in [0.717, 1.165) is 22.4 Å². The van der Waals surface area contributed by atoms with Gasteiger partial charge in [0.1, 0.15) is 5.75 Å². The SMILES string of the molecule is Cc1ccc(C(C)C)c(OCC(=O)NN=Cc2ccncc2)c1. The van der Waals surface area contributed by atoms with Crippen LogP contribution in [0.15, 0.2) is 47.8 Å². The molecular formula is C18H21N3O2. The lowest BCUT2D eigenvalue weighted by Gasteiger charge is -2.14. The molecule has 0 fully saturated rings. The van der Waals surface area contributed by atoms with Crippen molar-refractivity contribution in [3.63, 3.8) is 0 Å². The number of amides is 1. The van der Waals surface area contributed by atoms with E-state index >= 15 is 0 Å². The molecule has 0 aliphatic carbocycles. The second-order valence-electron chi connectivity index (χ2n) is 5.56. The Labute approximate surface area is 136 Å². The predicted molar refractivity (Wildman–Crippen MR) is 90.7 cm³/mol. The first-order chi connectivity index (χ1) is 11.1. The van der Waals surface area contributed by atoms with Crippen LogP contribution >= 0.6 is 0 Å². The number of ether oxygens (including phenoxy) is 1. The van der Waals surface area contributed by atoms with E-state index in [1.807, 2.05) is 25.1 Å². The number of rotatable bonds is 6. The number of hydrogen-bond donors (Lipinski definition) is 1. The fraction of sp³-hybridized carbons (Fsp3) is 0.278. The monoisotopic (exact) mass is 311 g/mol. The summed E-state index contributed by atoms with van der Waals surface area (Å²) < 4.78 is 5.65. The molecule has 0 bridgehead atoms. The summed E-state index contributed by atoms with van der Waals surface area (Å²) in [6, 6.07) is 9.63. The molecule has 0 unspecified atom stereocenters. The second kappa shape index (κ2) is 8.08. The third-order valence-electron chi connectivity index (χ3n) is 3.26. The Bertz CT molecular complexity index is 682. The van der Waals surface area contributed by atoms with Crippen LogP contribution in [-0.2, 0) is 4.79 Å². The number of aryl methyl sites for hydroxylation is 1. The minimum Gasteiger partial charge on any atom is -0.483 e. The summed E-state index contributed by atoms with van der Waals surface area (Å²) in [5, 5.41) is 3.90. The number of aromatic nitrogens is 1. The van der Waals surface area contributed by atoms with Crippen molar-refractivity contribution in [1.29, 1.82) is 0 Å². The largest absolute Gasteiger partial charge is 0.483 e. The summed E-state index contributed by atoms with van der Waals surface area (Å²) >= 11 is 0. The maximum absolute atomic E-state index is 11.8. The topological polar surface area (TPSA) is 63.6 Å². The van der Waals surface area contributed by atoms with Crippen LogP contribution in [0.2, 0.25) is 0 Å². The van der Waals surface area contributed by atoms with Crippen molar-refractivity contribution < 1.29 is 9.53 Å². The summed E-state index contributed by atoms with van der Waals surface area (Å²) in [5.74, 6) is 0.776. The summed E-state index contributed by atoms with van der Waals surface area (Å²) in [6.45, 7) is 6.11. The Morgan fingerprint density at radius 3 is 2.74 bits per heavy atom. The van der Waals surface area contributed by atoms with Gasteiger partial charge in [0, 0.05) is 12.4 Å². The Hall–Kier alpha value is -2.69. The molecular weight excluding hydrogens is 290 g/mol. The van der Waals surface area contributed by atoms with Crippen LogP contribution < -0.4 is 10.2 Å². The maximum atomic E-state index is 11.8. The number of nitrogens with one attached hydrogen (secondary N) is 1. The molecule has 5 nitrogen and oxygen atoms in total. The molecule has 0 saturated carbocycles. The number of carbonyl (C=O) groups is 1. The van der Waals surface area contributed by atoms with Gasteiger partial charge in [0.15, 0.2) is 6.61 Å². The molecule has 1 heterocycles. The van der Waals surface area contributed by atoms with Crippen LogP contribution in [0.4, 0.5) is 0 Å². The Morgan fingerprint density at radius 2 is 2.04 bits per heavy atom. The van der Waals surface area contributed by atoms with Crippen LogP contribution in [0, 0.1) is 6.92 Å². The Kier molecular flexibility index (Phi) is 5.86. The average molecular weight is 311 g/mol. The highest BCUT2D eigenvalue weighted by molar-refractivity contribution is 5.82. The van der Waals surface area contributed by atoms with Crippen LogP contribution in [0.1, 0.15) is 36.5 Å². The number of hydrogen-bond acceptors (Lipinski definition) is 4. The molecule has 0 aliphatic heterocycles. The van der Waals surface area contributed by atoms with Crippen LogP contribution in [-0.4, -0.2) is 23.7 Å². The van der Waals surface area contributed by atoms with Crippen molar-refractivity contribution in [2.75, 3.05) is 6.61 Å². The van der Waals surface area contributed by atoms with E-state index in [2.05, 4.69) is 29.4 Å². The van der Waals surface area contributed by atoms with Crippen molar-refractivity contribution in [2.45, 2.75) is 26.7 Å². The van der Waals surface area contributed by atoms with Gasteiger partial charge in [0.2, 0.25) is 0 Å². The van der Waals surface area contributed by atoms with Gasteiger partial charge in [-0.2, -0.15) is 5.10 Å². The average Bonchev–Trinajstić information content (AvgIpc) is 2.53. The lowest BCUT2D eigenvalue weighted by molar-refractivity contribution is -0.123. The van der Waals surface area contributed by atoms with Crippen molar-refractivity contribution >= 4 is 12.1 Å². The molecule has 0 atom stereocenters. The van der Waals surface area contributed by atoms with E-state index < -0.39 is 0 Å². The number of nitrogens with zero attached hydrogens (tertiary/aromatic N) is 2. The van der Waals surface area contributed by atoms with Gasteiger partial charge in [-0.1, -0.05) is 26.0 Å².